The van der Waals surface area contributed by atoms with Crippen LogP contribution in [0.15, 0.2) is 18.2 Å². The molecule has 1 aliphatic rings. The van der Waals surface area contributed by atoms with E-state index in [9.17, 15) is 9.59 Å². The predicted molar refractivity (Wildman–Crippen MR) is 70.7 cm³/mol. The van der Waals surface area contributed by atoms with Gasteiger partial charge in [0, 0.05) is 18.5 Å². The molecule has 1 aromatic carbocycles. The van der Waals surface area contributed by atoms with Crippen molar-refractivity contribution in [3.63, 3.8) is 0 Å². The summed E-state index contributed by atoms with van der Waals surface area (Å²) in [6.07, 6.45) is 0.462. The van der Waals surface area contributed by atoms with Crippen molar-refractivity contribution >= 4 is 11.7 Å². The number of nitrogens with zero attached hydrogens (tertiary/aromatic N) is 1. The smallest absolute Gasteiger partial charge is 0.254 e. The Morgan fingerprint density at radius 3 is 2.44 bits per heavy atom. The minimum atomic E-state index is -0.672. The van der Waals surface area contributed by atoms with Crippen LogP contribution in [0.3, 0.4) is 0 Å². The Bertz CT molecular complexity index is 517. The lowest BCUT2D eigenvalue weighted by Crippen LogP contribution is -2.46. The quantitative estimate of drug-likeness (QED) is 0.762. The molecule has 3 nitrogen and oxygen atoms in total. The molecule has 1 amide bonds. The molecule has 0 saturated carbocycles. The maximum atomic E-state index is 12.5. The number of hydrogen-bond donors (Lipinski definition) is 0. The summed E-state index contributed by atoms with van der Waals surface area (Å²) in [5.41, 5.74) is 2.13. The molecule has 1 heterocycles. The van der Waals surface area contributed by atoms with Crippen LogP contribution >= 0.6 is 0 Å². The lowest BCUT2D eigenvalue weighted by molar-refractivity contribution is -0.123. The fourth-order valence-electron chi connectivity index (χ4n) is 2.50. The summed E-state index contributed by atoms with van der Waals surface area (Å²) < 4.78 is 0. The molecule has 96 valence electrons. The first-order valence-corrected chi connectivity index (χ1v) is 6.26. The van der Waals surface area contributed by atoms with Crippen molar-refractivity contribution < 1.29 is 9.59 Å². The first kappa shape index (κ1) is 12.8. The summed E-state index contributed by atoms with van der Waals surface area (Å²) in [4.78, 5) is 26.0. The lowest BCUT2D eigenvalue weighted by Gasteiger charge is -2.30. The fraction of sp³-hybridized carbons (Fsp3) is 0.467. The van der Waals surface area contributed by atoms with E-state index in [1.807, 2.05) is 45.9 Å². The van der Waals surface area contributed by atoms with E-state index in [0.717, 1.165) is 11.1 Å². The first-order chi connectivity index (χ1) is 8.34. The number of rotatable bonds is 1. The Morgan fingerprint density at radius 1 is 1.28 bits per heavy atom. The summed E-state index contributed by atoms with van der Waals surface area (Å²) in [5.74, 6) is 0.101. The highest BCUT2D eigenvalue weighted by molar-refractivity contribution is 6.02. The van der Waals surface area contributed by atoms with Gasteiger partial charge in [-0.1, -0.05) is 17.7 Å². The molecule has 0 aliphatic carbocycles. The second kappa shape index (κ2) is 4.23. The van der Waals surface area contributed by atoms with Gasteiger partial charge in [-0.3, -0.25) is 9.59 Å². The van der Waals surface area contributed by atoms with E-state index in [4.69, 9.17) is 0 Å². The molecule has 18 heavy (non-hydrogen) atoms. The van der Waals surface area contributed by atoms with Crippen molar-refractivity contribution in [2.75, 3.05) is 6.54 Å². The molecule has 0 spiro atoms. The molecule has 0 N–H and O–H groups in total. The van der Waals surface area contributed by atoms with Gasteiger partial charge in [0.1, 0.15) is 0 Å². The number of amides is 1. The third kappa shape index (κ3) is 1.94. The van der Waals surface area contributed by atoms with E-state index in [1.165, 1.54) is 0 Å². The highest BCUT2D eigenvalue weighted by Crippen LogP contribution is 2.27. The maximum absolute atomic E-state index is 12.5. The van der Waals surface area contributed by atoms with E-state index in [-0.39, 0.29) is 11.7 Å². The van der Waals surface area contributed by atoms with Gasteiger partial charge >= 0.3 is 0 Å². The molecule has 2 rings (SSSR count). The van der Waals surface area contributed by atoms with Gasteiger partial charge in [0.25, 0.3) is 5.91 Å². The van der Waals surface area contributed by atoms with Crippen molar-refractivity contribution in [1.82, 2.24) is 4.90 Å². The maximum Gasteiger partial charge on any atom is 0.254 e. The van der Waals surface area contributed by atoms with E-state index in [2.05, 4.69) is 0 Å². The van der Waals surface area contributed by atoms with Crippen LogP contribution in [-0.2, 0) is 4.79 Å². The van der Waals surface area contributed by atoms with Crippen LogP contribution in [0, 0.1) is 13.8 Å². The average molecular weight is 245 g/mol. The van der Waals surface area contributed by atoms with E-state index >= 15 is 0 Å². The Morgan fingerprint density at radius 2 is 1.94 bits per heavy atom. The van der Waals surface area contributed by atoms with Crippen LogP contribution in [0.4, 0.5) is 0 Å². The zero-order valence-corrected chi connectivity index (χ0v) is 11.4. The van der Waals surface area contributed by atoms with Crippen molar-refractivity contribution in [2.45, 2.75) is 39.7 Å². The molecule has 0 aromatic heterocycles. The van der Waals surface area contributed by atoms with Crippen molar-refractivity contribution in [3.8, 4) is 0 Å². The highest BCUT2D eigenvalue weighted by atomic mass is 16.2. The third-order valence-electron chi connectivity index (χ3n) is 3.78. The van der Waals surface area contributed by atoms with Crippen molar-refractivity contribution in [1.29, 1.82) is 0 Å². The summed E-state index contributed by atoms with van der Waals surface area (Å²) in [6.45, 7) is 8.11. The molecule has 0 radical (unpaired) electrons. The molecule has 1 fully saturated rings. The molecule has 0 bridgehead atoms. The lowest BCUT2D eigenvalue weighted by atomic mass is 9.98. The molecule has 3 heteroatoms. The topological polar surface area (TPSA) is 37.4 Å². The summed E-state index contributed by atoms with van der Waals surface area (Å²) in [7, 11) is 0. The van der Waals surface area contributed by atoms with Gasteiger partial charge in [-0.15, -0.1) is 0 Å². The van der Waals surface area contributed by atoms with Crippen LogP contribution < -0.4 is 0 Å². The number of aryl methyl sites for hydroxylation is 2. The SMILES string of the molecule is Cc1ccc(C(=O)N2CCC(=O)C2(C)C)c(C)c1. The zero-order chi connectivity index (χ0) is 13.5. The van der Waals surface area contributed by atoms with Crippen molar-refractivity contribution in [3.05, 3.63) is 34.9 Å². The monoisotopic (exact) mass is 245 g/mol. The second-order valence-corrected chi connectivity index (χ2v) is 5.51. The summed E-state index contributed by atoms with van der Waals surface area (Å²) in [5, 5.41) is 0. The Labute approximate surface area is 108 Å². The van der Waals surface area contributed by atoms with Crippen LogP contribution in [-0.4, -0.2) is 28.7 Å². The van der Waals surface area contributed by atoms with Crippen molar-refractivity contribution in [2.24, 2.45) is 0 Å². The average Bonchev–Trinajstić information content (AvgIpc) is 2.53. The molecule has 1 aromatic rings. The molecule has 1 saturated heterocycles. The molecular formula is C15H19NO2. The molecule has 1 aliphatic heterocycles. The summed E-state index contributed by atoms with van der Waals surface area (Å²) >= 11 is 0. The minimum absolute atomic E-state index is 0.0386. The van der Waals surface area contributed by atoms with Crippen LogP contribution in [0.1, 0.15) is 41.8 Å². The molecule has 0 atom stereocenters. The number of hydrogen-bond acceptors (Lipinski definition) is 2. The number of carbonyl (C=O) groups is 2. The van der Waals surface area contributed by atoms with Gasteiger partial charge < -0.3 is 4.90 Å². The summed E-state index contributed by atoms with van der Waals surface area (Å²) in [6, 6.07) is 5.79. The van der Waals surface area contributed by atoms with Crippen LogP contribution in [0.2, 0.25) is 0 Å². The predicted octanol–water partition coefficient (Wildman–Crippen LogP) is 2.50. The first-order valence-electron chi connectivity index (χ1n) is 6.26. The minimum Gasteiger partial charge on any atom is -0.326 e. The second-order valence-electron chi connectivity index (χ2n) is 5.51. The number of ketones is 1. The number of Topliss-reactive ketones (excluding diaryl/α,β-unsaturated/α-hetero) is 1. The normalized spacial score (nSPS) is 18.2. The van der Waals surface area contributed by atoms with Gasteiger partial charge in [0.2, 0.25) is 0 Å². The van der Waals surface area contributed by atoms with E-state index in [0.29, 0.717) is 18.5 Å². The Kier molecular flexibility index (Phi) is 3.01. The van der Waals surface area contributed by atoms with E-state index < -0.39 is 5.54 Å². The highest BCUT2D eigenvalue weighted by Gasteiger charge is 2.43. The van der Waals surface area contributed by atoms with Gasteiger partial charge in [-0.25, -0.2) is 0 Å². The zero-order valence-electron chi connectivity index (χ0n) is 11.4. The molecule has 0 unspecified atom stereocenters. The van der Waals surface area contributed by atoms with Gasteiger partial charge in [0.15, 0.2) is 5.78 Å². The number of likely N-dealkylation sites (tertiary alicyclic amines) is 1. The number of carbonyl (C=O) groups excluding carboxylic acids is 2. The number of benzene rings is 1. The third-order valence-corrected chi connectivity index (χ3v) is 3.78. The van der Waals surface area contributed by atoms with Gasteiger partial charge in [-0.05, 0) is 39.3 Å². The molecular weight excluding hydrogens is 226 g/mol. The van der Waals surface area contributed by atoms with Crippen LogP contribution in [0.5, 0.6) is 0 Å². The Hall–Kier alpha value is -1.64. The largest absolute Gasteiger partial charge is 0.326 e. The van der Waals surface area contributed by atoms with Gasteiger partial charge in [0.05, 0.1) is 5.54 Å². The standard InChI is InChI=1S/C15H19NO2/c1-10-5-6-12(11(2)9-10)14(18)16-8-7-13(17)15(16,3)4/h5-6,9H,7-8H2,1-4H3. The van der Waals surface area contributed by atoms with E-state index in [1.54, 1.807) is 4.90 Å². The van der Waals surface area contributed by atoms with Crippen LogP contribution in [0.25, 0.3) is 0 Å². The fourth-order valence-corrected chi connectivity index (χ4v) is 2.50. The Balaban J connectivity index is 2.35. The van der Waals surface area contributed by atoms with Gasteiger partial charge in [-0.2, -0.15) is 0 Å².